The van der Waals surface area contributed by atoms with Crippen LogP contribution in [0.1, 0.15) is 34.5 Å². The zero-order valence-corrected chi connectivity index (χ0v) is 15.3. The number of hydrogen-bond acceptors (Lipinski definition) is 4. The number of pyridine rings is 1. The summed E-state index contributed by atoms with van der Waals surface area (Å²) in [5, 5.41) is 12.3. The second kappa shape index (κ2) is 8.35. The lowest BCUT2D eigenvalue weighted by Crippen LogP contribution is -2.27. The minimum absolute atomic E-state index is 0.118. The van der Waals surface area contributed by atoms with Gasteiger partial charge < -0.3 is 10.1 Å². The quantitative estimate of drug-likeness (QED) is 0.686. The predicted octanol–water partition coefficient (Wildman–Crippen LogP) is 4.89. The number of nitriles is 1. The van der Waals surface area contributed by atoms with Crippen LogP contribution in [0, 0.1) is 11.3 Å². The molecule has 0 fully saturated rings. The van der Waals surface area contributed by atoms with E-state index >= 15 is 0 Å². The van der Waals surface area contributed by atoms with Gasteiger partial charge in [0.25, 0.3) is 5.91 Å². The van der Waals surface area contributed by atoms with Crippen molar-refractivity contribution in [3.63, 3.8) is 0 Å². The summed E-state index contributed by atoms with van der Waals surface area (Å²) in [6.07, 6.45) is 1.41. The molecule has 0 bridgehead atoms. The van der Waals surface area contributed by atoms with Crippen molar-refractivity contribution < 1.29 is 9.53 Å². The third-order valence-corrected chi connectivity index (χ3v) is 4.09. The Kier molecular flexibility index (Phi) is 5.70. The van der Waals surface area contributed by atoms with Crippen molar-refractivity contribution in [2.45, 2.75) is 13.0 Å². The monoisotopic (exact) mass is 377 g/mol. The normalized spacial score (nSPS) is 11.3. The zero-order valence-electron chi connectivity index (χ0n) is 14.5. The second-order valence-corrected chi connectivity index (χ2v) is 6.29. The summed E-state index contributed by atoms with van der Waals surface area (Å²) in [4.78, 5) is 16.9. The Morgan fingerprint density at radius 2 is 1.96 bits per heavy atom. The first-order valence-corrected chi connectivity index (χ1v) is 8.64. The summed E-state index contributed by atoms with van der Waals surface area (Å²) in [5.41, 5.74) is 1.64. The van der Waals surface area contributed by atoms with Crippen molar-refractivity contribution in [3.05, 3.63) is 88.6 Å². The number of benzene rings is 2. The number of hydrogen-bond donors (Lipinski definition) is 1. The number of ether oxygens (including phenoxy) is 1. The smallest absolute Gasteiger partial charge is 0.257 e. The topological polar surface area (TPSA) is 75.0 Å². The Balaban J connectivity index is 1.85. The molecule has 0 saturated carbocycles. The number of carbonyl (C=O) groups is 1. The van der Waals surface area contributed by atoms with Crippen molar-refractivity contribution in [3.8, 4) is 17.7 Å². The van der Waals surface area contributed by atoms with Gasteiger partial charge in [0, 0.05) is 6.20 Å². The molecule has 1 N–H and O–H groups in total. The molecule has 3 aromatic rings. The van der Waals surface area contributed by atoms with Crippen LogP contribution < -0.4 is 10.1 Å². The highest BCUT2D eigenvalue weighted by Crippen LogP contribution is 2.26. The lowest BCUT2D eigenvalue weighted by molar-refractivity contribution is 0.0937. The minimum Gasteiger partial charge on any atom is -0.438 e. The number of aromatic nitrogens is 1. The van der Waals surface area contributed by atoms with E-state index in [1.807, 2.05) is 43.3 Å². The number of halogens is 1. The van der Waals surface area contributed by atoms with Crippen LogP contribution in [-0.4, -0.2) is 10.9 Å². The van der Waals surface area contributed by atoms with Gasteiger partial charge in [0.2, 0.25) is 5.88 Å². The van der Waals surface area contributed by atoms with Gasteiger partial charge in [0.05, 0.1) is 22.7 Å². The molecule has 6 heteroatoms. The Bertz CT molecular complexity index is 1000. The van der Waals surface area contributed by atoms with E-state index in [-0.39, 0.29) is 23.4 Å². The third-order valence-electron chi connectivity index (χ3n) is 3.89. The number of amides is 1. The molecule has 2 aromatic carbocycles. The second-order valence-electron chi connectivity index (χ2n) is 5.85. The molecule has 27 heavy (non-hydrogen) atoms. The highest BCUT2D eigenvalue weighted by molar-refractivity contribution is 6.30. The molecule has 0 unspecified atom stereocenters. The first kappa shape index (κ1) is 18.4. The molecule has 0 saturated heterocycles. The molecular weight excluding hydrogens is 362 g/mol. The molecule has 0 aliphatic rings. The molecular formula is C21H16ClN3O2. The number of nitrogens with zero attached hydrogens (tertiary/aromatic N) is 2. The third kappa shape index (κ3) is 4.63. The molecule has 0 aliphatic carbocycles. The van der Waals surface area contributed by atoms with Gasteiger partial charge in [-0.15, -0.1) is 0 Å². The first-order chi connectivity index (χ1) is 13.1. The van der Waals surface area contributed by atoms with Crippen molar-refractivity contribution in [1.82, 2.24) is 10.3 Å². The summed E-state index contributed by atoms with van der Waals surface area (Å²) in [6.45, 7) is 1.89. The molecule has 134 valence electrons. The van der Waals surface area contributed by atoms with Crippen LogP contribution in [0.15, 0.2) is 66.9 Å². The summed E-state index contributed by atoms with van der Waals surface area (Å²) < 4.78 is 5.73. The average Bonchev–Trinajstić information content (AvgIpc) is 2.70. The zero-order chi connectivity index (χ0) is 19.2. The van der Waals surface area contributed by atoms with Crippen LogP contribution in [0.2, 0.25) is 5.02 Å². The largest absolute Gasteiger partial charge is 0.438 e. The fourth-order valence-electron chi connectivity index (χ4n) is 2.51. The van der Waals surface area contributed by atoms with Gasteiger partial charge >= 0.3 is 0 Å². The van der Waals surface area contributed by atoms with Crippen molar-refractivity contribution in [2.75, 3.05) is 0 Å². The highest BCUT2D eigenvalue weighted by Gasteiger charge is 2.18. The molecule has 3 rings (SSSR count). The molecule has 0 aliphatic heterocycles. The van der Waals surface area contributed by atoms with Crippen molar-refractivity contribution in [2.24, 2.45) is 0 Å². The molecule has 0 radical (unpaired) electrons. The van der Waals surface area contributed by atoms with E-state index in [0.29, 0.717) is 16.3 Å². The highest BCUT2D eigenvalue weighted by atomic mass is 35.5. The van der Waals surface area contributed by atoms with E-state index in [9.17, 15) is 4.79 Å². The van der Waals surface area contributed by atoms with E-state index < -0.39 is 0 Å². The van der Waals surface area contributed by atoms with Crippen LogP contribution in [0.3, 0.4) is 0 Å². The van der Waals surface area contributed by atoms with E-state index in [0.717, 1.165) is 5.56 Å². The molecule has 1 heterocycles. The van der Waals surface area contributed by atoms with Crippen LogP contribution in [0.25, 0.3) is 0 Å². The van der Waals surface area contributed by atoms with Crippen LogP contribution in [0.5, 0.6) is 11.6 Å². The number of nitrogens with one attached hydrogen (secondary N) is 1. The Hall–Kier alpha value is -3.36. The van der Waals surface area contributed by atoms with Gasteiger partial charge in [-0.25, -0.2) is 4.98 Å². The van der Waals surface area contributed by atoms with Gasteiger partial charge in [0.15, 0.2) is 0 Å². The Labute approximate surface area is 162 Å². The average molecular weight is 378 g/mol. The maximum Gasteiger partial charge on any atom is 0.257 e. The first-order valence-electron chi connectivity index (χ1n) is 8.26. The van der Waals surface area contributed by atoms with Crippen molar-refractivity contribution >= 4 is 17.5 Å². The van der Waals surface area contributed by atoms with E-state index in [4.69, 9.17) is 21.6 Å². The van der Waals surface area contributed by atoms with E-state index in [1.54, 1.807) is 24.3 Å². The Morgan fingerprint density at radius 3 is 2.70 bits per heavy atom. The van der Waals surface area contributed by atoms with Gasteiger partial charge in [-0.1, -0.05) is 48.0 Å². The molecule has 1 amide bonds. The number of carbonyl (C=O) groups excluding carboxylic acids is 1. The number of rotatable bonds is 5. The lowest BCUT2D eigenvalue weighted by atomic mass is 10.1. The fourth-order valence-corrected chi connectivity index (χ4v) is 2.67. The van der Waals surface area contributed by atoms with Gasteiger partial charge in [-0.05, 0) is 36.8 Å². The summed E-state index contributed by atoms with van der Waals surface area (Å²) in [6, 6.07) is 19.6. The van der Waals surface area contributed by atoms with Crippen LogP contribution >= 0.6 is 11.6 Å². The lowest BCUT2D eigenvalue weighted by Gasteiger charge is -2.16. The standard InChI is InChI=1S/C21H16ClN3O2/c1-14(16-7-3-2-4-8-16)25-20(26)19-11-17(22)13-24-21(19)27-18-9-5-6-15(10-18)12-23/h2-11,13-14H,1H3,(H,25,26)/t14-/m0/s1. The summed E-state index contributed by atoms with van der Waals surface area (Å²) >= 11 is 6.02. The maximum atomic E-state index is 12.8. The maximum absolute atomic E-state index is 12.8. The molecule has 1 aromatic heterocycles. The fraction of sp³-hybridized carbons (Fsp3) is 0.0952. The SMILES string of the molecule is C[C@H](NC(=O)c1cc(Cl)cnc1Oc1cccc(C#N)c1)c1ccccc1. The summed E-state index contributed by atoms with van der Waals surface area (Å²) in [5.74, 6) is 0.175. The molecule has 5 nitrogen and oxygen atoms in total. The van der Waals surface area contributed by atoms with Crippen LogP contribution in [-0.2, 0) is 0 Å². The van der Waals surface area contributed by atoms with Crippen molar-refractivity contribution in [1.29, 1.82) is 5.26 Å². The van der Waals surface area contributed by atoms with Gasteiger partial charge in [-0.2, -0.15) is 5.26 Å². The van der Waals surface area contributed by atoms with E-state index in [1.165, 1.54) is 12.3 Å². The minimum atomic E-state index is -0.354. The van der Waals surface area contributed by atoms with Gasteiger partial charge in [-0.3, -0.25) is 4.79 Å². The van der Waals surface area contributed by atoms with Gasteiger partial charge in [0.1, 0.15) is 11.3 Å². The Morgan fingerprint density at radius 1 is 1.19 bits per heavy atom. The summed E-state index contributed by atoms with van der Waals surface area (Å²) in [7, 11) is 0. The van der Waals surface area contributed by atoms with E-state index in [2.05, 4.69) is 10.3 Å². The molecule has 0 spiro atoms. The van der Waals surface area contributed by atoms with Crippen LogP contribution in [0.4, 0.5) is 0 Å². The predicted molar refractivity (Wildman–Crippen MR) is 103 cm³/mol. The molecule has 1 atom stereocenters.